The summed E-state index contributed by atoms with van der Waals surface area (Å²) in [5, 5.41) is 20.4. The molecule has 1 saturated heterocycles. The van der Waals surface area contributed by atoms with E-state index in [1.165, 1.54) is 0 Å². The quantitative estimate of drug-likeness (QED) is 0.879. The smallest absolute Gasteiger partial charge is 0.188 e. The van der Waals surface area contributed by atoms with E-state index in [9.17, 15) is 5.26 Å². The third kappa shape index (κ3) is 2.41. The summed E-state index contributed by atoms with van der Waals surface area (Å²) in [5.41, 5.74) is 5.23. The highest BCUT2D eigenvalue weighted by molar-refractivity contribution is 5.92. The summed E-state index contributed by atoms with van der Waals surface area (Å²) in [5.74, 6) is 0. The van der Waals surface area contributed by atoms with Gasteiger partial charge in [0.05, 0.1) is 11.2 Å². The molecule has 1 fully saturated rings. The van der Waals surface area contributed by atoms with E-state index in [0.717, 1.165) is 42.8 Å². The lowest BCUT2D eigenvalue weighted by Gasteiger charge is -2.33. The van der Waals surface area contributed by atoms with Crippen LogP contribution in [0.2, 0.25) is 0 Å². The zero-order chi connectivity index (χ0) is 13.9. The van der Waals surface area contributed by atoms with Crippen LogP contribution in [-0.2, 0) is 0 Å². The van der Waals surface area contributed by atoms with Crippen LogP contribution in [-0.4, -0.2) is 53.3 Å². The monoisotopic (exact) mass is 268 g/mol. The second kappa shape index (κ2) is 5.41. The molecule has 0 unspecified atom stereocenters. The predicted molar refractivity (Wildman–Crippen MR) is 76.9 cm³/mol. The molecule has 6 heteroatoms. The molecule has 1 aliphatic rings. The lowest BCUT2D eigenvalue weighted by molar-refractivity contribution is 0.179. The van der Waals surface area contributed by atoms with E-state index in [4.69, 9.17) is 0 Å². The Bertz CT molecular complexity index is 654. The van der Waals surface area contributed by atoms with Gasteiger partial charge in [-0.05, 0) is 13.1 Å². The number of fused-ring (bicyclic) bond motifs is 1. The maximum absolute atomic E-state index is 9.23. The fourth-order valence-corrected chi connectivity index (χ4v) is 2.32. The highest BCUT2D eigenvalue weighted by Gasteiger charge is 2.17. The summed E-state index contributed by atoms with van der Waals surface area (Å²) in [6, 6.07) is 9.84. The van der Waals surface area contributed by atoms with Crippen LogP contribution in [0, 0.1) is 11.3 Å². The molecule has 0 bridgehead atoms. The van der Waals surface area contributed by atoms with E-state index in [-0.39, 0.29) is 0 Å². The maximum atomic E-state index is 9.23. The van der Waals surface area contributed by atoms with Crippen molar-refractivity contribution < 1.29 is 0 Å². The van der Waals surface area contributed by atoms with Gasteiger partial charge < -0.3 is 10.3 Å². The molecule has 20 heavy (non-hydrogen) atoms. The largest absolute Gasteiger partial charge is 0.315 e. The van der Waals surface area contributed by atoms with Crippen molar-refractivity contribution in [3.63, 3.8) is 0 Å². The zero-order valence-corrected chi connectivity index (χ0v) is 11.4. The van der Waals surface area contributed by atoms with Crippen LogP contribution in [0.3, 0.4) is 0 Å². The molecule has 0 spiro atoms. The third-order valence-corrected chi connectivity index (χ3v) is 3.55. The lowest BCUT2D eigenvalue weighted by atomic mass is 10.2. The molecule has 0 aliphatic carbocycles. The second-order valence-corrected chi connectivity index (χ2v) is 4.95. The first-order chi connectivity index (χ1) is 9.78. The van der Waals surface area contributed by atoms with E-state index in [1.54, 1.807) is 0 Å². The van der Waals surface area contributed by atoms with E-state index in [0.29, 0.717) is 5.69 Å². The molecular formula is C14H16N6. The molecule has 0 amide bonds. The van der Waals surface area contributed by atoms with Gasteiger partial charge in [-0.15, -0.1) is 10.2 Å². The summed E-state index contributed by atoms with van der Waals surface area (Å²) in [6.07, 6.45) is 0. The average Bonchev–Trinajstić information content (AvgIpc) is 2.50. The molecule has 3 rings (SSSR count). The predicted octanol–water partition coefficient (Wildman–Crippen LogP) is 1.08. The number of nitrogens with zero attached hydrogens (tertiary/aromatic N) is 5. The van der Waals surface area contributed by atoms with Crippen molar-refractivity contribution in [3.05, 3.63) is 30.0 Å². The van der Waals surface area contributed by atoms with E-state index in [2.05, 4.69) is 38.6 Å². The Morgan fingerprint density at radius 1 is 1.15 bits per heavy atom. The number of nitrogens with one attached hydrogen (secondary N) is 1. The standard InChI is InChI=1S/C14H16N6/c1-19-6-8-20(9-7-19)18-14-11-4-2-3-5-12(11)16-17-13(14)10-15/h2-5H,6-9H2,1H3,(H,16,18). The number of benzene rings is 1. The first-order valence-electron chi connectivity index (χ1n) is 6.63. The normalized spacial score (nSPS) is 17.0. The number of likely N-dealkylation sites (N-methyl/N-ethyl adjacent to an activating group) is 1. The molecule has 1 aromatic heterocycles. The molecule has 0 atom stereocenters. The Balaban J connectivity index is 1.95. The lowest BCUT2D eigenvalue weighted by Crippen LogP contribution is -2.47. The number of rotatable bonds is 2. The number of piperazine rings is 1. The highest BCUT2D eigenvalue weighted by Crippen LogP contribution is 2.24. The van der Waals surface area contributed by atoms with Gasteiger partial charge in [-0.25, -0.2) is 5.01 Å². The Hall–Kier alpha value is -2.23. The fraction of sp³-hybridized carbons (Fsp3) is 0.357. The first-order valence-corrected chi connectivity index (χ1v) is 6.63. The summed E-state index contributed by atoms with van der Waals surface area (Å²) in [7, 11) is 2.11. The average molecular weight is 268 g/mol. The Morgan fingerprint density at radius 2 is 1.90 bits per heavy atom. The van der Waals surface area contributed by atoms with Gasteiger partial charge in [0.15, 0.2) is 5.69 Å². The minimum absolute atomic E-state index is 0.336. The molecule has 2 aromatic rings. The van der Waals surface area contributed by atoms with Crippen LogP contribution in [0.4, 0.5) is 5.69 Å². The van der Waals surface area contributed by atoms with E-state index < -0.39 is 0 Å². The van der Waals surface area contributed by atoms with Gasteiger partial charge in [0.25, 0.3) is 0 Å². The summed E-state index contributed by atoms with van der Waals surface area (Å²) in [4.78, 5) is 2.28. The van der Waals surface area contributed by atoms with Crippen LogP contribution in [0.15, 0.2) is 24.3 Å². The summed E-state index contributed by atoms with van der Waals surface area (Å²) in [6.45, 7) is 3.84. The summed E-state index contributed by atoms with van der Waals surface area (Å²) >= 11 is 0. The Kier molecular flexibility index (Phi) is 3.46. The molecule has 102 valence electrons. The second-order valence-electron chi connectivity index (χ2n) is 4.95. The van der Waals surface area contributed by atoms with Crippen molar-refractivity contribution in [1.82, 2.24) is 20.1 Å². The molecule has 2 heterocycles. The minimum atomic E-state index is 0.336. The van der Waals surface area contributed by atoms with Gasteiger partial charge in [0.1, 0.15) is 6.07 Å². The van der Waals surface area contributed by atoms with Crippen LogP contribution in [0.25, 0.3) is 10.9 Å². The Labute approximate surface area is 117 Å². The fourth-order valence-electron chi connectivity index (χ4n) is 2.32. The van der Waals surface area contributed by atoms with Crippen molar-refractivity contribution in [2.24, 2.45) is 0 Å². The number of nitriles is 1. The molecule has 0 radical (unpaired) electrons. The van der Waals surface area contributed by atoms with Gasteiger partial charge in [-0.1, -0.05) is 18.2 Å². The van der Waals surface area contributed by atoms with Crippen LogP contribution in [0.5, 0.6) is 0 Å². The molecular weight excluding hydrogens is 252 g/mol. The Morgan fingerprint density at radius 3 is 2.65 bits per heavy atom. The zero-order valence-electron chi connectivity index (χ0n) is 11.4. The third-order valence-electron chi connectivity index (χ3n) is 3.55. The minimum Gasteiger partial charge on any atom is -0.315 e. The van der Waals surface area contributed by atoms with Crippen LogP contribution < -0.4 is 5.43 Å². The van der Waals surface area contributed by atoms with Gasteiger partial charge in [-0.3, -0.25) is 0 Å². The van der Waals surface area contributed by atoms with Gasteiger partial charge in [-0.2, -0.15) is 5.26 Å². The number of hydrogen-bond acceptors (Lipinski definition) is 6. The first kappa shape index (κ1) is 12.8. The summed E-state index contributed by atoms with van der Waals surface area (Å²) < 4.78 is 0. The molecule has 0 saturated carbocycles. The van der Waals surface area contributed by atoms with Crippen molar-refractivity contribution in [1.29, 1.82) is 5.26 Å². The highest BCUT2D eigenvalue weighted by atomic mass is 15.5. The van der Waals surface area contributed by atoms with Crippen LogP contribution >= 0.6 is 0 Å². The van der Waals surface area contributed by atoms with Gasteiger partial charge in [0, 0.05) is 31.6 Å². The number of hydrazine groups is 1. The van der Waals surface area contributed by atoms with Crippen LogP contribution in [0.1, 0.15) is 5.69 Å². The maximum Gasteiger partial charge on any atom is 0.188 e. The van der Waals surface area contributed by atoms with Crippen molar-refractivity contribution in [3.8, 4) is 6.07 Å². The topological polar surface area (TPSA) is 68.1 Å². The van der Waals surface area contributed by atoms with Crippen molar-refractivity contribution in [2.45, 2.75) is 0 Å². The SMILES string of the molecule is CN1CCN(Nc2c(C#N)nnc3ccccc23)CC1. The molecule has 1 aromatic carbocycles. The van der Waals surface area contributed by atoms with Crippen molar-refractivity contribution in [2.75, 3.05) is 38.7 Å². The molecule has 1 aliphatic heterocycles. The molecule has 6 nitrogen and oxygen atoms in total. The number of hydrogen-bond donors (Lipinski definition) is 1. The van der Waals surface area contributed by atoms with E-state index >= 15 is 0 Å². The number of aromatic nitrogens is 2. The number of anilines is 1. The van der Waals surface area contributed by atoms with E-state index in [1.807, 2.05) is 24.3 Å². The van der Waals surface area contributed by atoms with Gasteiger partial charge in [0.2, 0.25) is 0 Å². The van der Waals surface area contributed by atoms with Gasteiger partial charge >= 0.3 is 0 Å². The van der Waals surface area contributed by atoms with Crippen molar-refractivity contribution >= 4 is 16.6 Å². The molecule has 1 N–H and O–H groups in total.